The highest BCUT2D eigenvalue weighted by atomic mass is 35.5. The molecular weight excluding hydrogens is 227 g/mol. The zero-order valence-electron chi connectivity index (χ0n) is 8.34. The number of hydrogen-bond acceptors (Lipinski definition) is 0. The first-order valence-corrected chi connectivity index (χ1v) is 5.80. The van der Waals surface area contributed by atoms with Crippen LogP contribution in [0.5, 0.6) is 0 Å². The topological polar surface area (TPSA) is 0 Å². The maximum absolute atomic E-state index is 6.17. The Bertz CT molecular complexity index is 416. The third-order valence-corrected chi connectivity index (χ3v) is 3.34. The SMILES string of the molecule is ClC1=C(Cc2ccccc2Cl)C=CCC1. The predicted molar refractivity (Wildman–Crippen MR) is 66.4 cm³/mol. The highest BCUT2D eigenvalue weighted by Gasteiger charge is 2.08. The molecule has 0 aliphatic heterocycles. The summed E-state index contributed by atoms with van der Waals surface area (Å²) in [6, 6.07) is 7.90. The summed E-state index contributed by atoms with van der Waals surface area (Å²) in [6.07, 6.45) is 7.10. The Labute approximate surface area is 100 Å². The molecule has 0 bridgehead atoms. The van der Waals surface area contributed by atoms with Crippen molar-refractivity contribution in [1.29, 1.82) is 0 Å². The van der Waals surface area contributed by atoms with Gasteiger partial charge in [-0.15, -0.1) is 0 Å². The van der Waals surface area contributed by atoms with E-state index in [0.29, 0.717) is 0 Å². The molecular formula is C13H12Cl2. The van der Waals surface area contributed by atoms with Gasteiger partial charge in [0.15, 0.2) is 0 Å². The van der Waals surface area contributed by atoms with Gasteiger partial charge in [-0.25, -0.2) is 0 Å². The van der Waals surface area contributed by atoms with Gasteiger partial charge in [0, 0.05) is 16.5 Å². The molecule has 0 unspecified atom stereocenters. The lowest BCUT2D eigenvalue weighted by Crippen LogP contribution is -1.95. The van der Waals surface area contributed by atoms with Crippen molar-refractivity contribution in [2.45, 2.75) is 19.3 Å². The monoisotopic (exact) mass is 238 g/mol. The summed E-state index contributed by atoms with van der Waals surface area (Å²) in [7, 11) is 0. The summed E-state index contributed by atoms with van der Waals surface area (Å²) in [5.74, 6) is 0. The molecule has 1 aliphatic rings. The van der Waals surface area contributed by atoms with Gasteiger partial charge in [0.1, 0.15) is 0 Å². The van der Waals surface area contributed by atoms with Gasteiger partial charge in [-0.3, -0.25) is 0 Å². The largest absolute Gasteiger partial charge is 0.0888 e. The minimum Gasteiger partial charge on any atom is -0.0888 e. The number of halogens is 2. The van der Waals surface area contributed by atoms with Crippen LogP contribution in [0.3, 0.4) is 0 Å². The molecule has 0 radical (unpaired) electrons. The van der Waals surface area contributed by atoms with E-state index in [4.69, 9.17) is 23.2 Å². The molecule has 78 valence electrons. The predicted octanol–water partition coefficient (Wildman–Crippen LogP) is 4.73. The standard InChI is InChI=1S/C13H12Cl2/c14-12-7-3-1-5-10(12)9-11-6-2-4-8-13(11)15/h1-3,5-7H,4,8-9H2. The normalized spacial score (nSPS) is 15.9. The molecule has 1 aliphatic carbocycles. The van der Waals surface area contributed by atoms with Crippen LogP contribution in [-0.2, 0) is 6.42 Å². The fourth-order valence-corrected chi connectivity index (χ4v) is 2.13. The Hall–Kier alpha value is -0.720. The second-order valence-electron chi connectivity index (χ2n) is 3.64. The Balaban J connectivity index is 2.22. The van der Waals surface area contributed by atoms with E-state index in [1.165, 1.54) is 5.57 Å². The third-order valence-electron chi connectivity index (χ3n) is 2.54. The van der Waals surface area contributed by atoms with Crippen molar-refractivity contribution in [2.24, 2.45) is 0 Å². The fourth-order valence-electron chi connectivity index (χ4n) is 1.69. The molecule has 0 nitrogen and oxygen atoms in total. The van der Waals surface area contributed by atoms with Gasteiger partial charge in [-0.05, 0) is 30.0 Å². The van der Waals surface area contributed by atoms with Gasteiger partial charge in [0.05, 0.1) is 0 Å². The Morgan fingerprint density at radius 1 is 1.13 bits per heavy atom. The second kappa shape index (κ2) is 4.87. The van der Waals surface area contributed by atoms with E-state index in [9.17, 15) is 0 Å². The van der Waals surface area contributed by atoms with Gasteiger partial charge < -0.3 is 0 Å². The second-order valence-corrected chi connectivity index (χ2v) is 4.50. The van der Waals surface area contributed by atoms with E-state index in [0.717, 1.165) is 34.9 Å². The van der Waals surface area contributed by atoms with Crippen molar-refractivity contribution >= 4 is 23.2 Å². The average Bonchev–Trinajstić information content (AvgIpc) is 2.24. The molecule has 0 heterocycles. The molecule has 0 amide bonds. The summed E-state index contributed by atoms with van der Waals surface area (Å²) in [6.45, 7) is 0. The van der Waals surface area contributed by atoms with Crippen LogP contribution in [0.2, 0.25) is 5.02 Å². The molecule has 0 spiro atoms. The van der Waals surface area contributed by atoms with Crippen molar-refractivity contribution in [3.05, 3.63) is 57.6 Å². The molecule has 1 aromatic rings. The molecule has 0 atom stereocenters. The van der Waals surface area contributed by atoms with E-state index in [1.54, 1.807) is 0 Å². The van der Waals surface area contributed by atoms with Crippen LogP contribution < -0.4 is 0 Å². The van der Waals surface area contributed by atoms with Crippen molar-refractivity contribution in [3.63, 3.8) is 0 Å². The quantitative estimate of drug-likeness (QED) is 0.700. The van der Waals surface area contributed by atoms with Crippen molar-refractivity contribution in [1.82, 2.24) is 0 Å². The highest BCUT2D eigenvalue weighted by molar-refractivity contribution is 6.31. The van der Waals surface area contributed by atoms with E-state index >= 15 is 0 Å². The number of hydrogen-bond donors (Lipinski definition) is 0. The molecule has 0 saturated carbocycles. The van der Waals surface area contributed by atoms with Crippen LogP contribution in [0.25, 0.3) is 0 Å². The van der Waals surface area contributed by atoms with Crippen LogP contribution in [0.1, 0.15) is 18.4 Å². The lowest BCUT2D eigenvalue weighted by molar-refractivity contribution is 0.974. The first-order valence-electron chi connectivity index (χ1n) is 5.05. The van der Waals surface area contributed by atoms with Gasteiger partial charge in [-0.2, -0.15) is 0 Å². The summed E-state index contributed by atoms with van der Waals surface area (Å²) in [5, 5.41) is 1.78. The van der Waals surface area contributed by atoms with Gasteiger partial charge >= 0.3 is 0 Å². The maximum atomic E-state index is 6.17. The molecule has 15 heavy (non-hydrogen) atoms. The Morgan fingerprint density at radius 2 is 1.93 bits per heavy atom. The Kier molecular flexibility index (Phi) is 3.50. The highest BCUT2D eigenvalue weighted by Crippen LogP contribution is 2.27. The number of rotatable bonds is 2. The van der Waals surface area contributed by atoms with Crippen LogP contribution >= 0.6 is 23.2 Å². The van der Waals surface area contributed by atoms with E-state index < -0.39 is 0 Å². The molecule has 0 saturated heterocycles. The summed E-state index contributed by atoms with van der Waals surface area (Å²) >= 11 is 12.3. The zero-order chi connectivity index (χ0) is 10.7. The third kappa shape index (κ3) is 2.64. The summed E-state index contributed by atoms with van der Waals surface area (Å²) in [5.41, 5.74) is 2.33. The number of benzene rings is 1. The van der Waals surface area contributed by atoms with Crippen molar-refractivity contribution in [2.75, 3.05) is 0 Å². The van der Waals surface area contributed by atoms with E-state index in [2.05, 4.69) is 12.2 Å². The molecule has 2 rings (SSSR count). The molecule has 2 heteroatoms. The first kappa shape index (κ1) is 10.8. The van der Waals surface area contributed by atoms with Crippen LogP contribution in [-0.4, -0.2) is 0 Å². The molecule has 0 fully saturated rings. The average molecular weight is 239 g/mol. The lowest BCUT2D eigenvalue weighted by Gasteiger charge is -2.11. The van der Waals surface area contributed by atoms with E-state index in [1.807, 2.05) is 24.3 Å². The van der Waals surface area contributed by atoms with Gasteiger partial charge in [0.2, 0.25) is 0 Å². The van der Waals surface area contributed by atoms with E-state index in [-0.39, 0.29) is 0 Å². The number of allylic oxidation sites excluding steroid dienone is 4. The minimum absolute atomic E-state index is 0.813. The van der Waals surface area contributed by atoms with Crippen molar-refractivity contribution < 1.29 is 0 Å². The van der Waals surface area contributed by atoms with Crippen LogP contribution in [0, 0.1) is 0 Å². The van der Waals surface area contributed by atoms with Crippen molar-refractivity contribution in [3.8, 4) is 0 Å². The lowest BCUT2D eigenvalue weighted by atomic mass is 9.99. The zero-order valence-corrected chi connectivity index (χ0v) is 9.85. The molecule has 0 aromatic heterocycles. The van der Waals surface area contributed by atoms with Gasteiger partial charge in [-0.1, -0.05) is 53.6 Å². The molecule has 1 aromatic carbocycles. The summed E-state index contributed by atoms with van der Waals surface area (Å²) < 4.78 is 0. The first-order chi connectivity index (χ1) is 7.27. The van der Waals surface area contributed by atoms with Crippen LogP contribution in [0.4, 0.5) is 0 Å². The minimum atomic E-state index is 0.813. The molecule has 0 N–H and O–H groups in total. The Morgan fingerprint density at radius 3 is 2.67 bits per heavy atom. The van der Waals surface area contributed by atoms with Crippen LogP contribution in [0.15, 0.2) is 47.0 Å². The fraction of sp³-hybridized carbons (Fsp3) is 0.231. The summed E-state index contributed by atoms with van der Waals surface area (Å²) in [4.78, 5) is 0. The smallest absolute Gasteiger partial charge is 0.0441 e. The maximum Gasteiger partial charge on any atom is 0.0441 e. The van der Waals surface area contributed by atoms with Gasteiger partial charge in [0.25, 0.3) is 0 Å².